The summed E-state index contributed by atoms with van der Waals surface area (Å²) in [5.74, 6) is 1.30. The van der Waals surface area contributed by atoms with Gasteiger partial charge in [0, 0.05) is 29.6 Å². The van der Waals surface area contributed by atoms with Crippen LogP contribution < -0.4 is 11.1 Å². The van der Waals surface area contributed by atoms with Gasteiger partial charge in [-0.05, 0) is 56.7 Å². The minimum atomic E-state index is 0.454. The molecule has 3 heterocycles. The number of nitrogens with zero attached hydrogens (tertiary/aromatic N) is 4. The Bertz CT molecular complexity index is 1200. The van der Waals surface area contributed by atoms with Gasteiger partial charge in [-0.15, -0.1) is 11.3 Å². The Morgan fingerprint density at radius 3 is 2.88 bits per heavy atom. The predicted molar refractivity (Wildman–Crippen MR) is 136 cm³/mol. The number of thiazole rings is 1. The molecule has 1 fully saturated rings. The second-order valence-electron chi connectivity index (χ2n) is 9.09. The highest BCUT2D eigenvalue weighted by atomic mass is 32.1. The maximum atomic E-state index is 6.36. The van der Waals surface area contributed by atoms with Crippen LogP contribution in [0.25, 0.3) is 21.6 Å². The number of fused-ring (bicyclic) bond motifs is 1. The third-order valence-electron chi connectivity index (χ3n) is 6.71. The summed E-state index contributed by atoms with van der Waals surface area (Å²) in [5.41, 5.74) is 10.7. The number of benzene rings is 1. The van der Waals surface area contributed by atoms with Crippen molar-refractivity contribution in [2.45, 2.75) is 51.5 Å². The minimum Gasteiger partial charge on any atom is -0.383 e. The van der Waals surface area contributed by atoms with E-state index in [0.717, 1.165) is 52.7 Å². The second kappa shape index (κ2) is 10.0. The summed E-state index contributed by atoms with van der Waals surface area (Å²) in [6.45, 7) is 4.44. The number of anilines is 1. The average molecular weight is 461 g/mol. The lowest BCUT2D eigenvalue weighted by Gasteiger charge is -2.14. The second-order valence-corrected chi connectivity index (χ2v) is 9.94. The van der Waals surface area contributed by atoms with Crippen molar-refractivity contribution < 1.29 is 0 Å². The molecule has 0 amide bonds. The standard InChI is InChI=1S/C26H32N6S/c1-2-11-28-12-10-19-8-9-21(14-19)32-15-22(23-24(27)29-17-30-25(23)32)26-31-20(16-33-26)13-18-6-4-3-5-7-18/h3-7,15-17,19,21,28H,2,8-14H2,1H3,(H2,27,29,30). The van der Waals surface area contributed by atoms with Gasteiger partial charge in [-0.2, -0.15) is 0 Å². The molecular formula is C26H32N6S. The molecule has 1 aliphatic carbocycles. The molecule has 4 aromatic rings. The number of hydrogen-bond donors (Lipinski definition) is 2. The van der Waals surface area contributed by atoms with Crippen molar-refractivity contribution in [3.63, 3.8) is 0 Å². The van der Waals surface area contributed by atoms with Gasteiger partial charge >= 0.3 is 0 Å². The quantitative estimate of drug-likeness (QED) is 0.324. The van der Waals surface area contributed by atoms with Crippen molar-refractivity contribution in [1.82, 2.24) is 24.8 Å². The van der Waals surface area contributed by atoms with Crippen LogP contribution in [0.4, 0.5) is 5.82 Å². The summed E-state index contributed by atoms with van der Waals surface area (Å²) in [5, 5.41) is 7.63. The maximum Gasteiger partial charge on any atom is 0.146 e. The molecule has 5 rings (SSSR count). The van der Waals surface area contributed by atoms with Crippen LogP contribution in [0.2, 0.25) is 0 Å². The third kappa shape index (κ3) is 4.80. The topological polar surface area (TPSA) is 81.7 Å². The van der Waals surface area contributed by atoms with Crippen molar-refractivity contribution in [1.29, 1.82) is 0 Å². The minimum absolute atomic E-state index is 0.454. The van der Waals surface area contributed by atoms with E-state index in [1.165, 1.54) is 37.7 Å². The Hall–Kier alpha value is -2.77. The van der Waals surface area contributed by atoms with Crippen LogP contribution in [0.5, 0.6) is 0 Å². The van der Waals surface area contributed by atoms with E-state index in [1.807, 2.05) is 6.07 Å². The molecule has 6 nitrogen and oxygen atoms in total. The molecule has 0 aliphatic heterocycles. The number of nitrogens with one attached hydrogen (secondary N) is 1. The van der Waals surface area contributed by atoms with Crippen LogP contribution in [-0.4, -0.2) is 32.6 Å². The van der Waals surface area contributed by atoms with Crippen LogP contribution in [0.3, 0.4) is 0 Å². The molecule has 0 spiro atoms. The maximum absolute atomic E-state index is 6.36. The molecule has 0 bridgehead atoms. The molecule has 2 atom stereocenters. The smallest absolute Gasteiger partial charge is 0.146 e. The largest absolute Gasteiger partial charge is 0.383 e. The molecule has 1 saturated carbocycles. The van der Waals surface area contributed by atoms with E-state index in [1.54, 1.807) is 17.7 Å². The highest BCUT2D eigenvalue weighted by molar-refractivity contribution is 7.13. The van der Waals surface area contributed by atoms with Gasteiger partial charge in [0.15, 0.2) is 0 Å². The first kappa shape index (κ1) is 22.0. The predicted octanol–water partition coefficient (Wildman–Crippen LogP) is 5.46. The molecule has 172 valence electrons. The molecule has 3 N–H and O–H groups in total. The van der Waals surface area contributed by atoms with Gasteiger partial charge in [-0.1, -0.05) is 37.3 Å². The van der Waals surface area contributed by atoms with E-state index in [-0.39, 0.29) is 0 Å². The molecule has 2 unspecified atom stereocenters. The molecule has 0 saturated heterocycles. The van der Waals surface area contributed by atoms with Gasteiger partial charge < -0.3 is 15.6 Å². The van der Waals surface area contributed by atoms with E-state index >= 15 is 0 Å². The molecule has 1 aromatic carbocycles. The summed E-state index contributed by atoms with van der Waals surface area (Å²) in [7, 11) is 0. The molecule has 33 heavy (non-hydrogen) atoms. The van der Waals surface area contributed by atoms with Crippen molar-refractivity contribution in [3.05, 3.63) is 59.5 Å². The normalized spacial score (nSPS) is 18.3. The first-order valence-electron chi connectivity index (χ1n) is 12.0. The lowest BCUT2D eigenvalue weighted by molar-refractivity contribution is 0.447. The monoisotopic (exact) mass is 460 g/mol. The summed E-state index contributed by atoms with van der Waals surface area (Å²) in [6.07, 6.45) is 10.7. The van der Waals surface area contributed by atoms with Gasteiger partial charge in [0.1, 0.15) is 22.8 Å². The molecule has 0 radical (unpaired) electrons. The Balaban J connectivity index is 1.40. The lowest BCUT2D eigenvalue weighted by atomic mass is 10.0. The Morgan fingerprint density at radius 2 is 2.03 bits per heavy atom. The van der Waals surface area contributed by atoms with E-state index in [9.17, 15) is 0 Å². The molecular weight excluding hydrogens is 428 g/mol. The highest BCUT2D eigenvalue weighted by Gasteiger charge is 2.28. The fraction of sp³-hybridized carbons (Fsp3) is 0.423. The van der Waals surface area contributed by atoms with Gasteiger partial charge in [0.25, 0.3) is 0 Å². The van der Waals surface area contributed by atoms with E-state index < -0.39 is 0 Å². The van der Waals surface area contributed by atoms with E-state index in [4.69, 9.17) is 10.7 Å². The Kier molecular flexibility index (Phi) is 6.69. The van der Waals surface area contributed by atoms with Crippen LogP contribution in [0, 0.1) is 5.92 Å². The highest BCUT2D eigenvalue weighted by Crippen LogP contribution is 2.42. The van der Waals surface area contributed by atoms with E-state index in [2.05, 4.69) is 62.6 Å². The van der Waals surface area contributed by atoms with Crippen molar-refractivity contribution >= 4 is 28.2 Å². The van der Waals surface area contributed by atoms with E-state index in [0.29, 0.717) is 11.9 Å². The number of hydrogen-bond acceptors (Lipinski definition) is 6. The van der Waals surface area contributed by atoms with Gasteiger partial charge in [0.2, 0.25) is 0 Å². The summed E-state index contributed by atoms with van der Waals surface area (Å²) < 4.78 is 2.35. The number of nitrogens with two attached hydrogens (primary N) is 1. The van der Waals surface area contributed by atoms with Crippen LogP contribution in [0.15, 0.2) is 48.2 Å². The van der Waals surface area contributed by atoms with Gasteiger partial charge in [0.05, 0.1) is 11.1 Å². The lowest BCUT2D eigenvalue weighted by Crippen LogP contribution is -2.18. The average Bonchev–Trinajstić information content (AvgIpc) is 3.56. The molecule has 3 aromatic heterocycles. The fourth-order valence-corrected chi connectivity index (χ4v) is 5.87. The number of aromatic nitrogens is 4. The summed E-state index contributed by atoms with van der Waals surface area (Å²) in [4.78, 5) is 13.9. The van der Waals surface area contributed by atoms with Crippen molar-refractivity contribution in [2.24, 2.45) is 5.92 Å². The molecule has 7 heteroatoms. The Labute approximate surface area is 199 Å². The van der Waals surface area contributed by atoms with Crippen LogP contribution in [0.1, 0.15) is 56.3 Å². The first-order chi connectivity index (χ1) is 16.2. The van der Waals surface area contributed by atoms with Crippen LogP contribution in [-0.2, 0) is 6.42 Å². The van der Waals surface area contributed by atoms with Crippen molar-refractivity contribution in [2.75, 3.05) is 18.8 Å². The van der Waals surface area contributed by atoms with Crippen molar-refractivity contribution in [3.8, 4) is 10.6 Å². The van der Waals surface area contributed by atoms with Crippen LogP contribution >= 0.6 is 11.3 Å². The zero-order chi connectivity index (χ0) is 22.6. The third-order valence-corrected chi connectivity index (χ3v) is 7.64. The SMILES string of the molecule is CCCNCCC1CCC(n2cc(-c3nc(Cc4ccccc4)cs3)c3c(N)ncnc32)C1. The number of rotatable bonds is 9. The Morgan fingerprint density at radius 1 is 1.15 bits per heavy atom. The zero-order valence-corrected chi connectivity index (χ0v) is 20.0. The number of nitrogen functional groups attached to an aromatic ring is 1. The summed E-state index contributed by atoms with van der Waals surface area (Å²) in [6, 6.07) is 10.9. The first-order valence-corrected chi connectivity index (χ1v) is 12.9. The summed E-state index contributed by atoms with van der Waals surface area (Å²) >= 11 is 1.67. The van der Waals surface area contributed by atoms with Gasteiger partial charge in [-0.25, -0.2) is 15.0 Å². The fourth-order valence-electron chi connectivity index (χ4n) is 5.04. The zero-order valence-electron chi connectivity index (χ0n) is 19.2. The molecule has 1 aliphatic rings. The van der Waals surface area contributed by atoms with Gasteiger partial charge in [-0.3, -0.25) is 0 Å².